The van der Waals surface area contributed by atoms with Gasteiger partial charge in [-0.1, -0.05) is 6.07 Å². The van der Waals surface area contributed by atoms with Crippen LogP contribution in [0.1, 0.15) is 29.7 Å². The van der Waals surface area contributed by atoms with E-state index in [4.69, 9.17) is 19.3 Å². The molecular formula is C18H23N3O3. The van der Waals surface area contributed by atoms with Gasteiger partial charge in [-0.25, -0.2) is 0 Å². The molecule has 2 aliphatic heterocycles. The molecule has 2 aliphatic rings. The van der Waals surface area contributed by atoms with Crippen LogP contribution in [0.25, 0.3) is 0 Å². The van der Waals surface area contributed by atoms with Gasteiger partial charge in [0, 0.05) is 51.0 Å². The second kappa shape index (κ2) is 6.45. The molecule has 6 nitrogen and oxygen atoms in total. The van der Waals surface area contributed by atoms with E-state index in [1.54, 1.807) is 7.11 Å². The van der Waals surface area contributed by atoms with E-state index in [1.807, 2.05) is 10.7 Å². The number of hydrogen-bond donors (Lipinski definition) is 0. The van der Waals surface area contributed by atoms with E-state index < -0.39 is 0 Å². The van der Waals surface area contributed by atoms with Crippen LogP contribution in [0.4, 0.5) is 0 Å². The van der Waals surface area contributed by atoms with E-state index in [0.717, 1.165) is 44.3 Å². The van der Waals surface area contributed by atoms with E-state index in [-0.39, 0.29) is 0 Å². The van der Waals surface area contributed by atoms with Gasteiger partial charge in [-0.3, -0.25) is 9.58 Å². The number of ether oxygens (including phenoxy) is 3. The second-order valence-corrected chi connectivity index (χ2v) is 6.40. The second-order valence-electron chi connectivity index (χ2n) is 6.40. The van der Waals surface area contributed by atoms with E-state index in [0.29, 0.717) is 12.7 Å². The van der Waals surface area contributed by atoms with Crippen LogP contribution in [0, 0.1) is 0 Å². The summed E-state index contributed by atoms with van der Waals surface area (Å²) in [6.45, 7) is 6.77. The summed E-state index contributed by atoms with van der Waals surface area (Å²) in [7, 11) is 1.76. The zero-order valence-corrected chi connectivity index (χ0v) is 14.2. The number of rotatable bonds is 5. The Labute approximate surface area is 141 Å². The maximum Gasteiger partial charge on any atom is 0.231 e. The van der Waals surface area contributed by atoms with Gasteiger partial charge in [-0.05, 0) is 24.6 Å². The maximum atomic E-state index is 5.49. The summed E-state index contributed by atoms with van der Waals surface area (Å²) in [5, 5.41) is 4.73. The highest BCUT2D eigenvalue weighted by atomic mass is 16.7. The van der Waals surface area contributed by atoms with Crippen molar-refractivity contribution in [2.24, 2.45) is 0 Å². The lowest BCUT2D eigenvalue weighted by Crippen LogP contribution is -2.34. The zero-order chi connectivity index (χ0) is 16.5. The number of aromatic nitrogens is 2. The topological polar surface area (TPSA) is 48.8 Å². The number of aryl methyl sites for hydroxylation is 1. The lowest BCUT2D eigenvalue weighted by atomic mass is 9.95. The van der Waals surface area contributed by atoms with Crippen LogP contribution >= 0.6 is 0 Å². The Kier molecular flexibility index (Phi) is 4.16. The quantitative estimate of drug-likeness (QED) is 0.843. The number of hydrogen-bond acceptors (Lipinski definition) is 5. The summed E-state index contributed by atoms with van der Waals surface area (Å²) in [5.41, 5.74) is 3.74. The molecule has 128 valence electrons. The van der Waals surface area contributed by atoms with Crippen molar-refractivity contribution in [3.63, 3.8) is 0 Å². The zero-order valence-electron chi connectivity index (χ0n) is 14.2. The van der Waals surface area contributed by atoms with Gasteiger partial charge in [0.2, 0.25) is 6.79 Å². The lowest BCUT2D eigenvalue weighted by molar-refractivity contribution is 0.135. The average molecular weight is 329 g/mol. The smallest absolute Gasteiger partial charge is 0.231 e. The van der Waals surface area contributed by atoms with Gasteiger partial charge < -0.3 is 14.2 Å². The van der Waals surface area contributed by atoms with Crippen LogP contribution in [0.3, 0.4) is 0 Å². The number of fused-ring (bicyclic) bond motifs is 2. The Hall–Kier alpha value is -2.05. The Morgan fingerprint density at radius 2 is 2.17 bits per heavy atom. The minimum atomic E-state index is 0.316. The lowest BCUT2D eigenvalue weighted by Gasteiger charge is -2.31. The number of nitrogens with zero attached hydrogens (tertiary/aromatic N) is 3. The summed E-state index contributed by atoms with van der Waals surface area (Å²) in [4.78, 5) is 2.43. The van der Waals surface area contributed by atoms with Crippen molar-refractivity contribution in [2.45, 2.75) is 32.5 Å². The fourth-order valence-corrected chi connectivity index (χ4v) is 3.55. The van der Waals surface area contributed by atoms with Gasteiger partial charge in [-0.15, -0.1) is 0 Å². The third kappa shape index (κ3) is 2.87. The van der Waals surface area contributed by atoms with Crippen molar-refractivity contribution in [1.29, 1.82) is 0 Å². The Morgan fingerprint density at radius 1 is 1.29 bits per heavy atom. The number of benzene rings is 1. The standard InChI is InChI=1S/C18H23N3O3/c1-3-21-9-15-14(11-22-2)8-20(10-16(15)19-21)7-13-4-5-17-18(6-13)24-12-23-17/h4-6,9,14H,3,7-8,10-12H2,1-2H3/t14-/m0/s1. The molecule has 1 aromatic heterocycles. The molecule has 0 fully saturated rings. The monoisotopic (exact) mass is 329 g/mol. The average Bonchev–Trinajstić information content (AvgIpc) is 3.20. The van der Waals surface area contributed by atoms with Crippen molar-refractivity contribution in [2.75, 3.05) is 27.1 Å². The SMILES string of the molecule is CCn1cc2c(n1)CN(Cc1ccc3c(c1)OCO3)C[C@H]2COC. The molecule has 0 radical (unpaired) electrons. The van der Waals surface area contributed by atoms with E-state index in [2.05, 4.69) is 30.2 Å². The van der Waals surface area contributed by atoms with Crippen LogP contribution in [-0.4, -0.2) is 41.7 Å². The van der Waals surface area contributed by atoms with E-state index >= 15 is 0 Å². The highest BCUT2D eigenvalue weighted by Crippen LogP contribution is 2.34. The maximum absolute atomic E-state index is 5.49. The van der Waals surface area contributed by atoms with Gasteiger partial charge in [0.1, 0.15) is 0 Å². The molecular weight excluding hydrogens is 306 g/mol. The highest BCUT2D eigenvalue weighted by molar-refractivity contribution is 5.44. The van der Waals surface area contributed by atoms with Crippen LogP contribution in [0.5, 0.6) is 11.5 Å². The molecule has 1 aromatic carbocycles. The largest absolute Gasteiger partial charge is 0.454 e. The van der Waals surface area contributed by atoms with E-state index in [1.165, 1.54) is 16.8 Å². The molecule has 0 amide bonds. The molecule has 6 heteroatoms. The summed E-state index contributed by atoms with van der Waals surface area (Å²) in [6, 6.07) is 6.18. The molecule has 4 rings (SSSR count). The molecule has 3 heterocycles. The molecule has 0 spiro atoms. The molecule has 0 bridgehead atoms. The fourth-order valence-electron chi connectivity index (χ4n) is 3.55. The van der Waals surface area contributed by atoms with Crippen LogP contribution in [0.15, 0.2) is 24.4 Å². The van der Waals surface area contributed by atoms with Crippen molar-refractivity contribution >= 4 is 0 Å². The first-order valence-electron chi connectivity index (χ1n) is 8.43. The predicted molar refractivity (Wildman–Crippen MR) is 89.2 cm³/mol. The van der Waals surface area contributed by atoms with Gasteiger partial charge in [0.15, 0.2) is 11.5 Å². The predicted octanol–water partition coefficient (Wildman–Crippen LogP) is 2.38. The number of methoxy groups -OCH3 is 1. The minimum Gasteiger partial charge on any atom is -0.454 e. The first-order valence-corrected chi connectivity index (χ1v) is 8.43. The van der Waals surface area contributed by atoms with Gasteiger partial charge >= 0.3 is 0 Å². The Morgan fingerprint density at radius 3 is 3.00 bits per heavy atom. The molecule has 0 saturated carbocycles. The van der Waals surface area contributed by atoms with Gasteiger partial charge in [-0.2, -0.15) is 5.10 Å². The molecule has 2 aromatic rings. The Balaban J connectivity index is 1.53. The van der Waals surface area contributed by atoms with Crippen molar-refractivity contribution in [3.8, 4) is 11.5 Å². The summed E-state index contributed by atoms with van der Waals surface area (Å²) >= 11 is 0. The summed E-state index contributed by atoms with van der Waals surface area (Å²) in [6.07, 6.45) is 2.18. The van der Waals surface area contributed by atoms with E-state index in [9.17, 15) is 0 Å². The van der Waals surface area contributed by atoms with Crippen molar-refractivity contribution in [1.82, 2.24) is 14.7 Å². The van der Waals surface area contributed by atoms with Crippen LogP contribution < -0.4 is 9.47 Å². The minimum absolute atomic E-state index is 0.316. The fraction of sp³-hybridized carbons (Fsp3) is 0.500. The van der Waals surface area contributed by atoms with Crippen molar-refractivity contribution < 1.29 is 14.2 Å². The summed E-state index contributed by atoms with van der Waals surface area (Å²) < 4.78 is 18.3. The first kappa shape index (κ1) is 15.5. The molecule has 24 heavy (non-hydrogen) atoms. The van der Waals surface area contributed by atoms with Gasteiger partial charge in [0.05, 0.1) is 12.3 Å². The molecule has 1 atom stereocenters. The van der Waals surface area contributed by atoms with Crippen LogP contribution in [0.2, 0.25) is 0 Å². The molecule has 0 unspecified atom stereocenters. The Bertz CT molecular complexity index is 728. The normalized spacial score (nSPS) is 19.5. The third-order valence-electron chi connectivity index (χ3n) is 4.70. The third-order valence-corrected chi connectivity index (χ3v) is 4.70. The van der Waals surface area contributed by atoms with Crippen molar-refractivity contribution in [3.05, 3.63) is 41.2 Å². The van der Waals surface area contributed by atoms with Gasteiger partial charge in [0.25, 0.3) is 0 Å². The first-order chi connectivity index (χ1) is 11.8. The summed E-state index contributed by atoms with van der Waals surface area (Å²) in [5.74, 6) is 2.04. The van der Waals surface area contributed by atoms with Crippen LogP contribution in [-0.2, 0) is 24.4 Å². The molecule has 0 aliphatic carbocycles. The highest BCUT2D eigenvalue weighted by Gasteiger charge is 2.28. The molecule has 0 saturated heterocycles. The molecule has 0 N–H and O–H groups in total.